The molecule has 0 aromatic carbocycles. The average molecular weight is 136 g/mol. The molecule has 0 spiro atoms. The molecule has 0 atom stereocenters. The van der Waals surface area contributed by atoms with Crippen molar-refractivity contribution < 1.29 is 0 Å². The Morgan fingerprint density at radius 1 is 1.40 bits per heavy atom. The molecule has 0 aromatic heterocycles. The number of rotatable bonds is 2. The summed E-state index contributed by atoms with van der Waals surface area (Å²) in [6.45, 7) is 8.14. The van der Waals surface area contributed by atoms with E-state index in [0.29, 0.717) is 0 Å². The maximum atomic E-state index is 3.86. The first-order valence-corrected chi connectivity index (χ1v) is 4.04. The molecular formula is C10H16. The van der Waals surface area contributed by atoms with Gasteiger partial charge in [-0.05, 0) is 32.6 Å². The average Bonchev–Trinajstić information content (AvgIpc) is 1.55. The fraction of sp³-hybridized carbons (Fsp3) is 0.600. The van der Waals surface area contributed by atoms with Crippen molar-refractivity contribution in [2.45, 2.75) is 33.1 Å². The van der Waals surface area contributed by atoms with Crippen molar-refractivity contribution in [3.63, 3.8) is 0 Å². The Morgan fingerprint density at radius 3 is 2.30 bits per heavy atom. The van der Waals surface area contributed by atoms with Crippen LogP contribution in [0.5, 0.6) is 0 Å². The highest BCUT2D eigenvalue weighted by Crippen LogP contribution is 2.32. The summed E-state index contributed by atoms with van der Waals surface area (Å²) < 4.78 is 0. The topological polar surface area (TPSA) is 0 Å². The highest BCUT2D eigenvalue weighted by Gasteiger charge is 2.18. The van der Waals surface area contributed by atoms with E-state index in [-0.39, 0.29) is 0 Å². The van der Waals surface area contributed by atoms with Gasteiger partial charge >= 0.3 is 0 Å². The van der Waals surface area contributed by atoms with Gasteiger partial charge in [0.25, 0.3) is 0 Å². The van der Waals surface area contributed by atoms with Crippen molar-refractivity contribution in [2.75, 3.05) is 0 Å². The van der Waals surface area contributed by atoms with Gasteiger partial charge in [0.2, 0.25) is 0 Å². The summed E-state index contributed by atoms with van der Waals surface area (Å²) >= 11 is 0. The van der Waals surface area contributed by atoms with Gasteiger partial charge in [0.05, 0.1) is 0 Å². The second-order valence-corrected chi connectivity index (χ2v) is 3.36. The van der Waals surface area contributed by atoms with Gasteiger partial charge in [-0.15, -0.1) is 0 Å². The van der Waals surface area contributed by atoms with Gasteiger partial charge in [-0.1, -0.05) is 30.2 Å². The molecule has 0 N–H and O–H groups in total. The number of hydrogen-bond donors (Lipinski definition) is 0. The molecule has 1 aliphatic carbocycles. The Kier molecular flexibility index (Phi) is 2.31. The molecule has 56 valence electrons. The first kappa shape index (κ1) is 7.59. The molecule has 1 fully saturated rings. The van der Waals surface area contributed by atoms with Crippen molar-refractivity contribution in [2.24, 2.45) is 5.92 Å². The first-order chi connectivity index (χ1) is 4.70. The summed E-state index contributed by atoms with van der Waals surface area (Å²) in [5, 5.41) is 0. The van der Waals surface area contributed by atoms with Crippen LogP contribution in [-0.4, -0.2) is 0 Å². The molecule has 0 aliphatic heterocycles. The number of allylic oxidation sites excluding steroid dienone is 3. The van der Waals surface area contributed by atoms with Crippen molar-refractivity contribution in [1.82, 2.24) is 0 Å². The minimum Gasteiger partial charge on any atom is -0.0961 e. The SMILES string of the molecule is C=C(C)C=C(C)C1CCC1. The van der Waals surface area contributed by atoms with Gasteiger partial charge in [0, 0.05) is 0 Å². The second-order valence-electron chi connectivity index (χ2n) is 3.36. The second kappa shape index (κ2) is 3.05. The summed E-state index contributed by atoms with van der Waals surface area (Å²) in [7, 11) is 0. The third kappa shape index (κ3) is 1.73. The zero-order valence-electron chi connectivity index (χ0n) is 6.98. The van der Waals surface area contributed by atoms with Crippen LogP contribution >= 0.6 is 0 Å². The van der Waals surface area contributed by atoms with E-state index >= 15 is 0 Å². The van der Waals surface area contributed by atoms with Gasteiger partial charge in [-0.2, -0.15) is 0 Å². The zero-order chi connectivity index (χ0) is 7.56. The molecule has 0 radical (unpaired) electrons. The highest BCUT2D eigenvalue weighted by molar-refractivity contribution is 5.20. The van der Waals surface area contributed by atoms with Crippen LogP contribution in [0.15, 0.2) is 23.8 Å². The fourth-order valence-corrected chi connectivity index (χ4v) is 1.37. The summed E-state index contributed by atoms with van der Waals surface area (Å²) in [5.74, 6) is 0.886. The van der Waals surface area contributed by atoms with Crippen LogP contribution in [0.25, 0.3) is 0 Å². The van der Waals surface area contributed by atoms with Crippen LogP contribution in [0.3, 0.4) is 0 Å². The van der Waals surface area contributed by atoms with E-state index in [9.17, 15) is 0 Å². The molecule has 1 rings (SSSR count). The Labute approximate surface area is 63.6 Å². The van der Waals surface area contributed by atoms with E-state index in [1.165, 1.54) is 30.4 Å². The fourth-order valence-electron chi connectivity index (χ4n) is 1.37. The van der Waals surface area contributed by atoms with E-state index in [0.717, 1.165) is 5.92 Å². The Hall–Kier alpha value is -0.520. The van der Waals surface area contributed by atoms with E-state index in [4.69, 9.17) is 0 Å². The molecular weight excluding hydrogens is 120 g/mol. The van der Waals surface area contributed by atoms with Crippen LogP contribution in [0.1, 0.15) is 33.1 Å². The monoisotopic (exact) mass is 136 g/mol. The molecule has 0 saturated heterocycles. The summed E-state index contributed by atoms with van der Waals surface area (Å²) in [4.78, 5) is 0. The molecule has 10 heavy (non-hydrogen) atoms. The van der Waals surface area contributed by atoms with Crippen LogP contribution in [0.2, 0.25) is 0 Å². The van der Waals surface area contributed by atoms with Crippen molar-refractivity contribution in [3.05, 3.63) is 23.8 Å². The molecule has 0 amide bonds. The minimum atomic E-state index is 0.886. The van der Waals surface area contributed by atoms with Gasteiger partial charge < -0.3 is 0 Å². The lowest BCUT2D eigenvalue weighted by Crippen LogP contribution is -2.11. The lowest BCUT2D eigenvalue weighted by Gasteiger charge is -2.26. The molecule has 0 heterocycles. The zero-order valence-corrected chi connectivity index (χ0v) is 6.98. The van der Waals surface area contributed by atoms with Gasteiger partial charge in [-0.3, -0.25) is 0 Å². The standard InChI is InChI=1S/C10H16/c1-8(2)7-9(3)10-5-4-6-10/h7,10H,1,4-6H2,2-3H3. The van der Waals surface area contributed by atoms with Crippen LogP contribution in [-0.2, 0) is 0 Å². The molecule has 1 aliphatic rings. The molecule has 0 aromatic rings. The normalized spacial score (nSPS) is 20.4. The molecule has 0 nitrogen and oxygen atoms in total. The maximum Gasteiger partial charge on any atom is -0.0203 e. The Bertz CT molecular complexity index is 159. The van der Waals surface area contributed by atoms with E-state index < -0.39 is 0 Å². The van der Waals surface area contributed by atoms with Crippen LogP contribution in [0.4, 0.5) is 0 Å². The highest BCUT2D eigenvalue weighted by atomic mass is 14.2. The van der Waals surface area contributed by atoms with Gasteiger partial charge in [0.1, 0.15) is 0 Å². The quantitative estimate of drug-likeness (QED) is 0.511. The third-order valence-corrected chi connectivity index (χ3v) is 2.22. The predicted molar refractivity (Wildman–Crippen MR) is 45.9 cm³/mol. The maximum absolute atomic E-state index is 3.86. The minimum absolute atomic E-state index is 0.886. The Balaban J connectivity index is 2.45. The summed E-state index contributed by atoms with van der Waals surface area (Å²) in [6.07, 6.45) is 6.43. The van der Waals surface area contributed by atoms with E-state index in [1.807, 2.05) is 0 Å². The van der Waals surface area contributed by atoms with E-state index in [1.54, 1.807) is 0 Å². The first-order valence-electron chi connectivity index (χ1n) is 4.04. The van der Waals surface area contributed by atoms with Crippen LogP contribution in [0, 0.1) is 5.92 Å². The smallest absolute Gasteiger partial charge is 0.0203 e. The third-order valence-electron chi connectivity index (χ3n) is 2.22. The van der Waals surface area contributed by atoms with Crippen LogP contribution < -0.4 is 0 Å². The largest absolute Gasteiger partial charge is 0.0961 e. The van der Waals surface area contributed by atoms with Crippen molar-refractivity contribution in [1.29, 1.82) is 0 Å². The van der Waals surface area contributed by atoms with Crippen molar-refractivity contribution in [3.8, 4) is 0 Å². The lowest BCUT2D eigenvalue weighted by molar-refractivity contribution is 0.368. The lowest BCUT2D eigenvalue weighted by atomic mass is 9.80. The van der Waals surface area contributed by atoms with Gasteiger partial charge in [0.15, 0.2) is 0 Å². The molecule has 0 unspecified atom stereocenters. The summed E-state index contributed by atoms with van der Waals surface area (Å²) in [5.41, 5.74) is 2.71. The van der Waals surface area contributed by atoms with Gasteiger partial charge in [-0.25, -0.2) is 0 Å². The molecule has 0 heteroatoms. The molecule has 1 saturated carbocycles. The summed E-state index contributed by atoms with van der Waals surface area (Å²) in [6, 6.07) is 0. The predicted octanol–water partition coefficient (Wildman–Crippen LogP) is 3.31. The van der Waals surface area contributed by atoms with E-state index in [2.05, 4.69) is 26.5 Å². The molecule has 0 bridgehead atoms. The Morgan fingerprint density at radius 2 is 2.00 bits per heavy atom. The van der Waals surface area contributed by atoms with Crippen molar-refractivity contribution >= 4 is 0 Å². The number of hydrogen-bond acceptors (Lipinski definition) is 0.